The fourth-order valence-electron chi connectivity index (χ4n) is 1.53. The molecule has 0 saturated heterocycles. The summed E-state index contributed by atoms with van der Waals surface area (Å²) in [7, 11) is 1.41. The largest absolute Gasteiger partial charge is 0.371 e. The highest BCUT2D eigenvalue weighted by Gasteiger charge is 2.32. The zero-order valence-electron chi connectivity index (χ0n) is 10.5. The molecule has 0 spiro atoms. The number of hydrogen-bond donors (Lipinski definition) is 0. The summed E-state index contributed by atoms with van der Waals surface area (Å²) in [6.07, 6.45) is 0.120. The minimum absolute atomic E-state index is 0.141. The molecule has 5 heteroatoms. The maximum absolute atomic E-state index is 13.7. The van der Waals surface area contributed by atoms with Crippen molar-refractivity contribution in [2.75, 3.05) is 7.11 Å². The van der Waals surface area contributed by atoms with Gasteiger partial charge in [-0.3, -0.25) is 4.79 Å². The number of hydrogen-bond acceptors (Lipinski definition) is 2. The van der Waals surface area contributed by atoms with Crippen molar-refractivity contribution in [3.63, 3.8) is 0 Å². The third kappa shape index (κ3) is 2.95. The number of ketones is 1. The number of halogens is 3. The Hall–Kier alpha value is -0.810. The molecule has 0 amide bonds. The van der Waals surface area contributed by atoms with Gasteiger partial charge in [-0.15, -0.1) is 0 Å². The van der Waals surface area contributed by atoms with E-state index in [0.717, 1.165) is 6.07 Å². The van der Waals surface area contributed by atoms with Crippen LogP contribution in [0, 0.1) is 11.6 Å². The number of Topliss-reactive ketones (excluding diaryl/α,β-unsaturated/α-hetero) is 1. The molecule has 0 aliphatic rings. The van der Waals surface area contributed by atoms with Gasteiger partial charge < -0.3 is 4.74 Å². The Morgan fingerprint density at radius 1 is 1.44 bits per heavy atom. The summed E-state index contributed by atoms with van der Waals surface area (Å²) in [6.45, 7) is 3.40. The van der Waals surface area contributed by atoms with Crippen molar-refractivity contribution in [2.45, 2.75) is 32.3 Å². The first-order chi connectivity index (χ1) is 8.35. The monoisotopic (exact) mass is 320 g/mol. The third-order valence-corrected chi connectivity index (χ3v) is 3.80. The lowest BCUT2D eigenvalue weighted by molar-refractivity contribution is -0.138. The Balaban J connectivity index is 3.06. The fraction of sp³-hybridized carbons (Fsp3) is 0.462. The van der Waals surface area contributed by atoms with Gasteiger partial charge in [-0.25, -0.2) is 8.78 Å². The van der Waals surface area contributed by atoms with E-state index in [1.54, 1.807) is 13.8 Å². The van der Waals surface area contributed by atoms with Crippen LogP contribution in [0.5, 0.6) is 0 Å². The number of ether oxygens (including phenoxy) is 1. The van der Waals surface area contributed by atoms with Crippen molar-refractivity contribution >= 4 is 21.7 Å². The SMILES string of the molecule is CCC(C)(OC)C(=O)Cc1c(F)ccc(Br)c1F. The molecule has 100 valence electrons. The molecule has 1 aromatic carbocycles. The maximum atomic E-state index is 13.7. The fourth-order valence-corrected chi connectivity index (χ4v) is 1.91. The number of rotatable bonds is 5. The van der Waals surface area contributed by atoms with Crippen LogP contribution in [-0.2, 0) is 16.0 Å². The van der Waals surface area contributed by atoms with E-state index in [1.807, 2.05) is 0 Å². The van der Waals surface area contributed by atoms with E-state index in [-0.39, 0.29) is 22.2 Å². The molecule has 2 nitrogen and oxygen atoms in total. The highest BCUT2D eigenvalue weighted by molar-refractivity contribution is 9.10. The summed E-state index contributed by atoms with van der Waals surface area (Å²) in [6, 6.07) is 2.40. The molecule has 0 fully saturated rings. The minimum atomic E-state index is -1.01. The van der Waals surface area contributed by atoms with Gasteiger partial charge >= 0.3 is 0 Å². The van der Waals surface area contributed by atoms with Crippen LogP contribution in [0.25, 0.3) is 0 Å². The summed E-state index contributed by atoms with van der Waals surface area (Å²) in [4.78, 5) is 12.0. The molecule has 0 aliphatic carbocycles. The van der Waals surface area contributed by atoms with Crippen LogP contribution in [0.1, 0.15) is 25.8 Å². The van der Waals surface area contributed by atoms with Gasteiger partial charge in [-0.2, -0.15) is 0 Å². The first-order valence-corrected chi connectivity index (χ1v) is 6.35. The van der Waals surface area contributed by atoms with Gasteiger partial charge in [0.25, 0.3) is 0 Å². The van der Waals surface area contributed by atoms with E-state index in [2.05, 4.69) is 15.9 Å². The Labute approximate surface area is 113 Å². The summed E-state index contributed by atoms with van der Waals surface area (Å²) in [5.41, 5.74) is -1.24. The van der Waals surface area contributed by atoms with Crippen LogP contribution < -0.4 is 0 Å². The van der Waals surface area contributed by atoms with E-state index < -0.39 is 17.2 Å². The molecular weight excluding hydrogens is 306 g/mol. The maximum Gasteiger partial charge on any atom is 0.168 e. The van der Waals surface area contributed by atoms with Crippen molar-refractivity contribution in [1.82, 2.24) is 0 Å². The molecule has 1 unspecified atom stereocenters. The van der Waals surface area contributed by atoms with E-state index in [0.29, 0.717) is 6.42 Å². The molecular formula is C13H15BrF2O2. The van der Waals surface area contributed by atoms with Crippen molar-refractivity contribution in [1.29, 1.82) is 0 Å². The van der Waals surface area contributed by atoms with Crippen molar-refractivity contribution < 1.29 is 18.3 Å². The summed E-state index contributed by atoms with van der Waals surface area (Å²) >= 11 is 2.97. The predicted molar refractivity (Wildman–Crippen MR) is 68.5 cm³/mol. The summed E-state index contributed by atoms with van der Waals surface area (Å²) < 4.78 is 32.5. The van der Waals surface area contributed by atoms with E-state index in [9.17, 15) is 13.6 Å². The number of carbonyl (C=O) groups is 1. The zero-order chi connectivity index (χ0) is 13.9. The molecule has 1 aromatic rings. The minimum Gasteiger partial charge on any atom is -0.371 e. The van der Waals surface area contributed by atoms with Gasteiger partial charge in [0.1, 0.15) is 17.2 Å². The lowest BCUT2D eigenvalue weighted by atomic mass is 9.92. The Kier molecular flexibility index (Phi) is 4.99. The first-order valence-electron chi connectivity index (χ1n) is 5.56. The average Bonchev–Trinajstić information content (AvgIpc) is 2.37. The van der Waals surface area contributed by atoms with Gasteiger partial charge in [-0.05, 0) is 41.4 Å². The summed E-state index contributed by atoms with van der Waals surface area (Å²) in [5, 5.41) is 0. The predicted octanol–water partition coefficient (Wildman–Crippen LogP) is 3.65. The van der Waals surface area contributed by atoms with E-state index in [1.165, 1.54) is 13.2 Å². The van der Waals surface area contributed by atoms with Gasteiger partial charge in [0, 0.05) is 19.1 Å². The molecule has 0 radical (unpaired) electrons. The molecule has 0 N–H and O–H groups in total. The van der Waals surface area contributed by atoms with Crippen LogP contribution in [-0.4, -0.2) is 18.5 Å². The second-order valence-electron chi connectivity index (χ2n) is 4.21. The lowest BCUT2D eigenvalue weighted by Gasteiger charge is -2.25. The van der Waals surface area contributed by atoms with Crippen molar-refractivity contribution in [3.05, 3.63) is 33.8 Å². The van der Waals surface area contributed by atoms with Gasteiger partial charge in [-0.1, -0.05) is 6.92 Å². The molecule has 1 rings (SSSR count). The quantitative estimate of drug-likeness (QED) is 0.774. The third-order valence-electron chi connectivity index (χ3n) is 3.19. The normalized spacial score (nSPS) is 14.3. The number of carbonyl (C=O) groups excluding carboxylic acids is 1. The van der Waals surface area contributed by atoms with E-state index in [4.69, 9.17) is 4.74 Å². The van der Waals surface area contributed by atoms with Crippen LogP contribution in [0.2, 0.25) is 0 Å². The number of benzene rings is 1. The molecule has 1 atom stereocenters. The standard InChI is InChI=1S/C13H15BrF2O2/c1-4-13(2,18-3)11(17)7-8-10(15)6-5-9(14)12(8)16/h5-6H,4,7H2,1-3H3. The summed E-state index contributed by atoms with van der Waals surface area (Å²) in [5.74, 6) is -1.81. The molecule has 0 bridgehead atoms. The zero-order valence-corrected chi connectivity index (χ0v) is 12.1. The first kappa shape index (κ1) is 15.2. The number of methoxy groups -OCH3 is 1. The lowest BCUT2D eigenvalue weighted by Crippen LogP contribution is -2.38. The van der Waals surface area contributed by atoms with Crippen molar-refractivity contribution in [2.24, 2.45) is 0 Å². The highest BCUT2D eigenvalue weighted by Crippen LogP contribution is 2.25. The smallest absolute Gasteiger partial charge is 0.168 e. The second kappa shape index (κ2) is 5.89. The average molecular weight is 321 g/mol. The molecule has 0 saturated carbocycles. The Morgan fingerprint density at radius 3 is 2.56 bits per heavy atom. The topological polar surface area (TPSA) is 26.3 Å². The van der Waals surface area contributed by atoms with Gasteiger partial charge in [0.15, 0.2) is 5.78 Å². The van der Waals surface area contributed by atoms with Crippen LogP contribution >= 0.6 is 15.9 Å². The van der Waals surface area contributed by atoms with Crippen LogP contribution in [0.15, 0.2) is 16.6 Å². The second-order valence-corrected chi connectivity index (χ2v) is 5.06. The van der Waals surface area contributed by atoms with E-state index >= 15 is 0 Å². The van der Waals surface area contributed by atoms with Gasteiger partial charge in [0.2, 0.25) is 0 Å². The molecule has 0 aromatic heterocycles. The highest BCUT2D eigenvalue weighted by atomic mass is 79.9. The molecule has 0 aliphatic heterocycles. The van der Waals surface area contributed by atoms with Crippen LogP contribution in [0.3, 0.4) is 0 Å². The van der Waals surface area contributed by atoms with Gasteiger partial charge in [0.05, 0.1) is 4.47 Å². The van der Waals surface area contributed by atoms with Crippen molar-refractivity contribution in [3.8, 4) is 0 Å². The Bertz CT molecular complexity index is 457. The Morgan fingerprint density at radius 2 is 2.06 bits per heavy atom. The van der Waals surface area contributed by atoms with Crippen LogP contribution in [0.4, 0.5) is 8.78 Å². The molecule has 0 heterocycles. The molecule has 18 heavy (non-hydrogen) atoms.